The molecule has 2 atom stereocenters. The zero-order valence-corrected chi connectivity index (χ0v) is 16.4. The summed E-state index contributed by atoms with van der Waals surface area (Å²) in [5.74, 6) is 0.0160. The number of rotatable bonds is 3. The van der Waals surface area contributed by atoms with Crippen molar-refractivity contribution in [1.29, 1.82) is 0 Å². The lowest BCUT2D eigenvalue weighted by molar-refractivity contribution is -0.141. The van der Waals surface area contributed by atoms with Crippen LogP contribution in [0.4, 0.5) is 0 Å². The first-order chi connectivity index (χ1) is 13.1. The van der Waals surface area contributed by atoms with E-state index >= 15 is 0 Å². The Balaban J connectivity index is 1.85. The Hall–Kier alpha value is -1.88. The standard InChI is InChI=1S/C22H30N2O3/c1-3-16(2)24-20(25)18-9-5-4-8-17(18)19(22(24)10-6-7-11-22)21(26)23-12-14-27-15-13-23/h4-5,8-9,16,19H,3,6-7,10-15H2,1-2H3. The number of amides is 2. The SMILES string of the molecule is CCC(C)N1C(=O)c2ccccc2C(C(=O)N2CCOCC2)C12CCCC2. The summed E-state index contributed by atoms with van der Waals surface area (Å²) in [5.41, 5.74) is 1.26. The second-order valence-electron chi connectivity index (χ2n) is 8.20. The van der Waals surface area contributed by atoms with Crippen molar-refractivity contribution in [3.8, 4) is 0 Å². The Bertz CT molecular complexity index is 720. The molecular weight excluding hydrogens is 340 g/mol. The van der Waals surface area contributed by atoms with Crippen molar-refractivity contribution in [2.24, 2.45) is 0 Å². The van der Waals surface area contributed by atoms with Crippen LogP contribution in [0.15, 0.2) is 24.3 Å². The number of morpholine rings is 1. The fourth-order valence-corrected chi connectivity index (χ4v) is 5.37. The Kier molecular flexibility index (Phi) is 4.97. The Morgan fingerprint density at radius 2 is 1.89 bits per heavy atom. The molecule has 0 aromatic heterocycles. The maximum atomic E-state index is 13.8. The Morgan fingerprint density at radius 3 is 2.56 bits per heavy atom. The number of nitrogens with zero attached hydrogens (tertiary/aromatic N) is 2. The minimum Gasteiger partial charge on any atom is -0.378 e. The summed E-state index contributed by atoms with van der Waals surface area (Å²) in [6.45, 7) is 6.74. The number of ether oxygens (including phenoxy) is 1. The van der Waals surface area contributed by atoms with Gasteiger partial charge in [0.05, 0.1) is 24.7 Å². The van der Waals surface area contributed by atoms with Gasteiger partial charge in [-0.3, -0.25) is 9.59 Å². The predicted octanol–water partition coefficient (Wildman–Crippen LogP) is 3.20. The first-order valence-electron chi connectivity index (χ1n) is 10.4. The Labute approximate surface area is 161 Å². The van der Waals surface area contributed by atoms with E-state index in [1.165, 1.54) is 0 Å². The number of hydrogen-bond acceptors (Lipinski definition) is 3. The van der Waals surface area contributed by atoms with Gasteiger partial charge in [-0.25, -0.2) is 0 Å². The third-order valence-electron chi connectivity index (χ3n) is 6.81. The van der Waals surface area contributed by atoms with E-state index in [9.17, 15) is 9.59 Å². The second kappa shape index (κ2) is 7.27. The molecule has 5 nitrogen and oxygen atoms in total. The van der Waals surface area contributed by atoms with E-state index in [0.29, 0.717) is 31.9 Å². The highest BCUT2D eigenvalue weighted by Gasteiger charge is 2.57. The minimum absolute atomic E-state index is 0.105. The van der Waals surface area contributed by atoms with Gasteiger partial charge >= 0.3 is 0 Å². The molecule has 146 valence electrons. The highest BCUT2D eigenvalue weighted by Crippen LogP contribution is 2.52. The molecular formula is C22H30N2O3. The minimum atomic E-state index is -0.379. The molecule has 2 amide bonds. The number of fused-ring (bicyclic) bond motifs is 1. The maximum absolute atomic E-state index is 13.8. The van der Waals surface area contributed by atoms with Crippen LogP contribution in [0.25, 0.3) is 0 Å². The van der Waals surface area contributed by atoms with E-state index in [2.05, 4.69) is 18.7 Å². The van der Waals surface area contributed by atoms with Gasteiger partial charge in [-0.2, -0.15) is 0 Å². The molecule has 0 N–H and O–H groups in total. The summed E-state index contributed by atoms with van der Waals surface area (Å²) < 4.78 is 5.46. The largest absolute Gasteiger partial charge is 0.378 e. The van der Waals surface area contributed by atoms with Crippen molar-refractivity contribution >= 4 is 11.8 Å². The molecule has 1 saturated carbocycles. The number of carbonyl (C=O) groups excluding carboxylic acids is 2. The van der Waals surface area contributed by atoms with Crippen LogP contribution in [-0.2, 0) is 9.53 Å². The van der Waals surface area contributed by atoms with Crippen molar-refractivity contribution in [2.45, 2.75) is 63.5 Å². The topological polar surface area (TPSA) is 49.9 Å². The highest BCUT2D eigenvalue weighted by atomic mass is 16.5. The lowest BCUT2D eigenvalue weighted by Gasteiger charge is -2.53. The third-order valence-corrected chi connectivity index (χ3v) is 6.81. The van der Waals surface area contributed by atoms with Gasteiger partial charge in [-0.1, -0.05) is 38.0 Å². The molecule has 2 unspecified atom stereocenters. The highest BCUT2D eigenvalue weighted by molar-refractivity contribution is 6.02. The average Bonchev–Trinajstić information content (AvgIpc) is 3.18. The van der Waals surface area contributed by atoms with Crippen molar-refractivity contribution in [3.05, 3.63) is 35.4 Å². The third kappa shape index (κ3) is 2.87. The van der Waals surface area contributed by atoms with Crippen LogP contribution in [0.3, 0.4) is 0 Å². The van der Waals surface area contributed by atoms with Crippen LogP contribution >= 0.6 is 0 Å². The zero-order chi connectivity index (χ0) is 19.0. The molecule has 1 aromatic rings. The van der Waals surface area contributed by atoms with Crippen LogP contribution in [0, 0.1) is 0 Å². The van der Waals surface area contributed by atoms with E-state index < -0.39 is 0 Å². The average molecular weight is 370 g/mol. The molecule has 5 heteroatoms. The molecule has 2 fully saturated rings. The summed E-state index contributed by atoms with van der Waals surface area (Å²) in [4.78, 5) is 31.3. The van der Waals surface area contributed by atoms with E-state index in [0.717, 1.165) is 37.7 Å². The van der Waals surface area contributed by atoms with Gasteiger partial charge < -0.3 is 14.5 Å². The van der Waals surface area contributed by atoms with Gasteiger partial charge in [0.15, 0.2) is 0 Å². The van der Waals surface area contributed by atoms with Crippen molar-refractivity contribution in [1.82, 2.24) is 9.80 Å². The van der Waals surface area contributed by atoms with E-state index in [1.54, 1.807) is 0 Å². The predicted molar refractivity (Wildman–Crippen MR) is 104 cm³/mol. The molecule has 2 aliphatic heterocycles. The molecule has 1 saturated heterocycles. The smallest absolute Gasteiger partial charge is 0.254 e. The molecule has 0 radical (unpaired) electrons. The lowest BCUT2D eigenvalue weighted by Crippen LogP contribution is -2.63. The fraction of sp³-hybridized carbons (Fsp3) is 0.636. The number of benzene rings is 1. The lowest BCUT2D eigenvalue weighted by atomic mass is 9.70. The maximum Gasteiger partial charge on any atom is 0.254 e. The van der Waals surface area contributed by atoms with Crippen LogP contribution in [-0.4, -0.2) is 59.5 Å². The van der Waals surface area contributed by atoms with Gasteiger partial charge in [0.2, 0.25) is 5.91 Å². The summed E-state index contributed by atoms with van der Waals surface area (Å²) in [6, 6.07) is 7.91. The first-order valence-corrected chi connectivity index (χ1v) is 10.4. The molecule has 1 spiro atoms. The van der Waals surface area contributed by atoms with Crippen LogP contribution in [0.5, 0.6) is 0 Å². The first kappa shape index (κ1) is 18.5. The second-order valence-corrected chi connectivity index (χ2v) is 8.20. The molecule has 2 heterocycles. The van der Waals surface area contributed by atoms with Crippen LogP contribution < -0.4 is 0 Å². The van der Waals surface area contributed by atoms with E-state index in [4.69, 9.17) is 4.74 Å². The quantitative estimate of drug-likeness (QED) is 0.821. The van der Waals surface area contributed by atoms with Gasteiger partial charge in [0.25, 0.3) is 5.91 Å². The zero-order valence-electron chi connectivity index (χ0n) is 16.4. The monoisotopic (exact) mass is 370 g/mol. The fourth-order valence-electron chi connectivity index (χ4n) is 5.37. The Morgan fingerprint density at radius 1 is 1.22 bits per heavy atom. The van der Waals surface area contributed by atoms with Crippen LogP contribution in [0.1, 0.15) is 67.8 Å². The molecule has 0 bridgehead atoms. The molecule has 4 rings (SSSR count). The molecule has 3 aliphatic rings. The number of carbonyl (C=O) groups is 2. The normalized spacial score (nSPS) is 25.6. The van der Waals surface area contributed by atoms with Gasteiger partial charge in [-0.05, 0) is 37.8 Å². The van der Waals surface area contributed by atoms with Gasteiger partial charge in [-0.15, -0.1) is 0 Å². The van der Waals surface area contributed by atoms with Crippen molar-refractivity contribution in [3.63, 3.8) is 0 Å². The van der Waals surface area contributed by atoms with Gasteiger partial charge in [0.1, 0.15) is 0 Å². The number of hydrogen-bond donors (Lipinski definition) is 0. The van der Waals surface area contributed by atoms with E-state index in [-0.39, 0.29) is 29.3 Å². The van der Waals surface area contributed by atoms with Crippen molar-refractivity contribution < 1.29 is 14.3 Å². The summed E-state index contributed by atoms with van der Waals surface area (Å²) in [7, 11) is 0. The molecule has 1 aromatic carbocycles. The molecule has 1 aliphatic carbocycles. The van der Waals surface area contributed by atoms with E-state index in [1.807, 2.05) is 29.2 Å². The van der Waals surface area contributed by atoms with Gasteiger partial charge in [0, 0.05) is 24.7 Å². The van der Waals surface area contributed by atoms with Crippen molar-refractivity contribution in [2.75, 3.05) is 26.3 Å². The van der Waals surface area contributed by atoms with Crippen LogP contribution in [0.2, 0.25) is 0 Å². The summed E-state index contributed by atoms with van der Waals surface area (Å²) in [6.07, 6.45) is 4.88. The molecule has 27 heavy (non-hydrogen) atoms. The summed E-state index contributed by atoms with van der Waals surface area (Å²) >= 11 is 0. The summed E-state index contributed by atoms with van der Waals surface area (Å²) in [5, 5.41) is 0.